The number of aryl methyl sites for hydroxylation is 1. The third-order valence-electron chi connectivity index (χ3n) is 3.24. The van der Waals surface area contributed by atoms with Crippen LogP contribution in [0.3, 0.4) is 0 Å². The van der Waals surface area contributed by atoms with Crippen molar-refractivity contribution in [1.29, 1.82) is 0 Å². The summed E-state index contributed by atoms with van der Waals surface area (Å²) in [5, 5.41) is 10.9. The van der Waals surface area contributed by atoms with Gasteiger partial charge in [-0.2, -0.15) is 5.10 Å². The Morgan fingerprint density at radius 2 is 2.19 bits per heavy atom. The second-order valence-corrected chi connectivity index (χ2v) is 4.77. The predicted octanol–water partition coefficient (Wildman–Crippen LogP) is 2.76. The largest absolute Gasteiger partial charge is 0.359 e. The molecule has 0 saturated carbocycles. The highest BCUT2D eigenvalue weighted by Gasteiger charge is 2.16. The lowest BCUT2D eigenvalue weighted by atomic mass is 10.2. The first-order valence-corrected chi connectivity index (χ1v) is 6.73. The van der Waals surface area contributed by atoms with Crippen molar-refractivity contribution in [1.82, 2.24) is 25.1 Å². The minimum Gasteiger partial charge on any atom is -0.359 e. The molecule has 108 valence electrons. The predicted molar refractivity (Wildman–Crippen MR) is 77.3 cm³/mol. The molecule has 1 aromatic carbocycles. The van der Waals surface area contributed by atoms with Gasteiger partial charge in [0.2, 0.25) is 0 Å². The summed E-state index contributed by atoms with van der Waals surface area (Å²) in [5.74, 6) is 1.68. The summed E-state index contributed by atoms with van der Waals surface area (Å²) >= 11 is 0. The number of nitrogens with zero attached hydrogens (tertiary/aromatic N) is 4. The quantitative estimate of drug-likeness (QED) is 0.771. The molecule has 0 aliphatic carbocycles. The number of anilines is 1. The molecule has 0 saturated heterocycles. The average molecular weight is 286 g/mol. The highest BCUT2D eigenvalue weighted by molar-refractivity contribution is 5.88. The summed E-state index contributed by atoms with van der Waals surface area (Å²) in [6.45, 7) is 3.87. The van der Waals surface area contributed by atoms with Crippen LogP contribution in [-0.2, 0) is 0 Å². The zero-order valence-corrected chi connectivity index (χ0v) is 11.8. The Hall–Kier alpha value is -2.57. The molecule has 2 aromatic heterocycles. The van der Waals surface area contributed by atoms with E-state index in [1.807, 2.05) is 13.8 Å². The number of halogens is 1. The second kappa shape index (κ2) is 5.43. The van der Waals surface area contributed by atoms with Crippen LogP contribution in [0.2, 0.25) is 0 Å². The lowest BCUT2D eigenvalue weighted by molar-refractivity contribution is 0.629. The molecule has 3 rings (SSSR count). The molecule has 0 aliphatic heterocycles. The molecule has 0 fully saturated rings. The van der Waals surface area contributed by atoms with Gasteiger partial charge < -0.3 is 5.32 Å². The van der Waals surface area contributed by atoms with Crippen LogP contribution in [0.5, 0.6) is 0 Å². The molecule has 1 atom stereocenters. The number of nitrogens with one attached hydrogen (secondary N) is 2. The van der Waals surface area contributed by atoms with E-state index in [1.165, 1.54) is 18.5 Å². The van der Waals surface area contributed by atoms with E-state index in [2.05, 4.69) is 30.5 Å². The van der Waals surface area contributed by atoms with Gasteiger partial charge in [0, 0.05) is 5.39 Å². The van der Waals surface area contributed by atoms with Crippen LogP contribution in [0.15, 0.2) is 24.5 Å². The van der Waals surface area contributed by atoms with E-state index in [4.69, 9.17) is 0 Å². The van der Waals surface area contributed by atoms with E-state index in [9.17, 15) is 4.39 Å². The van der Waals surface area contributed by atoms with Gasteiger partial charge in [-0.3, -0.25) is 5.10 Å². The summed E-state index contributed by atoms with van der Waals surface area (Å²) in [6, 6.07) is 4.34. The lowest BCUT2D eigenvalue weighted by Gasteiger charge is -2.15. The molecule has 2 N–H and O–H groups in total. The highest BCUT2D eigenvalue weighted by Crippen LogP contribution is 2.25. The second-order valence-electron chi connectivity index (χ2n) is 4.77. The number of fused-ring (bicyclic) bond motifs is 1. The van der Waals surface area contributed by atoms with E-state index in [0.29, 0.717) is 22.5 Å². The Morgan fingerprint density at radius 1 is 1.33 bits per heavy atom. The third-order valence-corrected chi connectivity index (χ3v) is 3.24. The van der Waals surface area contributed by atoms with Crippen molar-refractivity contribution in [3.8, 4) is 0 Å². The number of H-pyrrole nitrogens is 1. The molecule has 3 aromatic rings. The average Bonchev–Trinajstić information content (AvgIpc) is 2.91. The summed E-state index contributed by atoms with van der Waals surface area (Å²) in [6.07, 6.45) is 2.23. The molecule has 0 aliphatic rings. The molecule has 0 radical (unpaired) electrons. The normalized spacial score (nSPS) is 12.5. The first kappa shape index (κ1) is 13.4. The Balaban J connectivity index is 1.98. The van der Waals surface area contributed by atoms with E-state index < -0.39 is 0 Å². The van der Waals surface area contributed by atoms with Gasteiger partial charge in [-0.1, -0.05) is 6.92 Å². The van der Waals surface area contributed by atoms with E-state index in [-0.39, 0.29) is 11.9 Å². The van der Waals surface area contributed by atoms with Gasteiger partial charge in [0.15, 0.2) is 5.82 Å². The smallest absolute Gasteiger partial charge is 0.172 e. The fourth-order valence-electron chi connectivity index (χ4n) is 2.17. The number of hydrogen-bond acceptors (Lipinski definition) is 5. The van der Waals surface area contributed by atoms with Crippen LogP contribution in [-0.4, -0.2) is 25.1 Å². The van der Waals surface area contributed by atoms with E-state index in [0.717, 1.165) is 12.2 Å². The number of aromatic amines is 1. The van der Waals surface area contributed by atoms with Gasteiger partial charge in [0.25, 0.3) is 0 Å². The van der Waals surface area contributed by atoms with Crippen molar-refractivity contribution >= 4 is 16.7 Å². The van der Waals surface area contributed by atoms with E-state index >= 15 is 0 Å². The van der Waals surface area contributed by atoms with Gasteiger partial charge in [0.1, 0.15) is 23.8 Å². The molecule has 21 heavy (non-hydrogen) atoms. The fourth-order valence-corrected chi connectivity index (χ4v) is 2.17. The van der Waals surface area contributed by atoms with Crippen molar-refractivity contribution in [2.24, 2.45) is 0 Å². The molecule has 0 spiro atoms. The van der Waals surface area contributed by atoms with Crippen LogP contribution in [0.1, 0.15) is 31.0 Å². The molecule has 0 bridgehead atoms. The minimum atomic E-state index is -0.317. The number of rotatable bonds is 4. The molecule has 7 heteroatoms. The fraction of sp³-hybridized carbons (Fsp3) is 0.286. The zero-order valence-electron chi connectivity index (χ0n) is 11.8. The van der Waals surface area contributed by atoms with Crippen LogP contribution in [0.4, 0.5) is 10.2 Å². The summed E-state index contributed by atoms with van der Waals surface area (Å²) < 4.78 is 13.4. The Kier molecular flexibility index (Phi) is 3.47. The lowest BCUT2D eigenvalue weighted by Crippen LogP contribution is -2.13. The van der Waals surface area contributed by atoms with Gasteiger partial charge in [-0.05, 0) is 31.5 Å². The molecular formula is C14H15FN6. The number of hydrogen-bond donors (Lipinski definition) is 2. The highest BCUT2D eigenvalue weighted by atomic mass is 19.1. The number of aromatic nitrogens is 5. The summed E-state index contributed by atoms with van der Waals surface area (Å²) in [5.41, 5.74) is 0.690. The maximum atomic E-state index is 13.4. The zero-order chi connectivity index (χ0) is 14.8. The van der Waals surface area contributed by atoms with Crippen LogP contribution < -0.4 is 5.32 Å². The molecule has 6 nitrogen and oxygen atoms in total. The first-order valence-electron chi connectivity index (χ1n) is 6.73. The maximum absolute atomic E-state index is 13.4. The van der Waals surface area contributed by atoms with Crippen LogP contribution in [0.25, 0.3) is 10.9 Å². The standard InChI is InChI=1S/C14H15FN6/c1-3-11(14-18-8(2)20-21-14)19-13-10-6-9(15)4-5-12(10)16-7-17-13/h4-7,11H,3H2,1-2H3,(H,16,17,19)(H,18,20,21). The van der Waals surface area contributed by atoms with Gasteiger partial charge in [-0.25, -0.2) is 19.3 Å². The van der Waals surface area contributed by atoms with E-state index in [1.54, 1.807) is 6.07 Å². The van der Waals surface area contributed by atoms with Crippen LogP contribution in [0, 0.1) is 12.7 Å². The summed E-state index contributed by atoms with van der Waals surface area (Å²) in [7, 11) is 0. The number of benzene rings is 1. The molecule has 0 amide bonds. The third kappa shape index (κ3) is 2.67. The van der Waals surface area contributed by atoms with Gasteiger partial charge in [0.05, 0.1) is 11.6 Å². The van der Waals surface area contributed by atoms with Crippen molar-refractivity contribution in [3.63, 3.8) is 0 Å². The summed E-state index contributed by atoms with van der Waals surface area (Å²) in [4.78, 5) is 12.7. The monoisotopic (exact) mass is 286 g/mol. The van der Waals surface area contributed by atoms with Crippen molar-refractivity contribution < 1.29 is 4.39 Å². The Morgan fingerprint density at radius 3 is 2.90 bits per heavy atom. The minimum absolute atomic E-state index is 0.101. The van der Waals surface area contributed by atoms with Crippen LogP contribution >= 0.6 is 0 Å². The van der Waals surface area contributed by atoms with Crippen molar-refractivity contribution in [2.45, 2.75) is 26.3 Å². The first-order chi connectivity index (χ1) is 10.2. The topological polar surface area (TPSA) is 79.4 Å². The molecule has 1 unspecified atom stereocenters. The Bertz CT molecular complexity index is 769. The SMILES string of the molecule is CCC(Nc1ncnc2ccc(F)cc12)c1n[nH]c(C)n1. The van der Waals surface area contributed by atoms with Gasteiger partial charge in [-0.15, -0.1) is 0 Å². The van der Waals surface area contributed by atoms with Crippen molar-refractivity contribution in [3.05, 3.63) is 42.0 Å². The van der Waals surface area contributed by atoms with Crippen molar-refractivity contribution in [2.75, 3.05) is 5.32 Å². The van der Waals surface area contributed by atoms with Gasteiger partial charge >= 0.3 is 0 Å². The maximum Gasteiger partial charge on any atom is 0.172 e. The molecular weight excluding hydrogens is 271 g/mol. The molecule has 2 heterocycles. The Labute approximate surface area is 120 Å².